The molecule has 1 fully saturated rings. The minimum atomic E-state index is -0.0327. The highest BCUT2D eigenvalue weighted by Gasteiger charge is 2.31. The lowest BCUT2D eigenvalue weighted by atomic mass is 10.0. The number of hydrogen-bond donors (Lipinski definition) is 0. The molecule has 1 amide bonds. The Morgan fingerprint density at radius 1 is 1.00 bits per heavy atom. The first-order valence-corrected chi connectivity index (χ1v) is 8.99. The Kier molecular flexibility index (Phi) is 4.89. The zero-order chi connectivity index (χ0) is 18.6. The summed E-state index contributed by atoms with van der Waals surface area (Å²) in [4.78, 5) is 30.2. The predicted molar refractivity (Wildman–Crippen MR) is 103 cm³/mol. The molecular weight excluding hydrogens is 338 g/mol. The summed E-state index contributed by atoms with van der Waals surface area (Å²) in [6.45, 7) is 2.34. The third-order valence-corrected chi connectivity index (χ3v) is 4.85. The Hall–Kier alpha value is -3.12. The van der Waals surface area contributed by atoms with Crippen molar-refractivity contribution in [1.29, 1.82) is 0 Å². The van der Waals surface area contributed by atoms with E-state index in [0.717, 1.165) is 24.2 Å². The second kappa shape index (κ2) is 7.63. The topological polar surface area (TPSA) is 62.2 Å². The fraction of sp³-hybridized carbons (Fsp3) is 0.238. The number of pyridine rings is 1. The maximum Gasteiger partial charge on any atom is 0.257 e. The summed E-state index contributed by atoms with van der Waals surface area (Å²) in [7, 11) is 2.09. The SMILES string of the molecule is CN1CCN(C(=O)c2cnc(-c3cccnc3)nc2)[C@H](c2ccccc2)C1. The molecule has 0 bridgehead atoms. The lowest BCUT2D eigenvalue weighted by Crippen LogP contribution is -2.49. The molecule has 1 saturated heterocycles. The molecule has 0 radical (unpaired) electrons. The number of benzene rings is 1. The Bertz CT molecular complexity index is 899. The molecule has 4 rings (SSSR count). The average molecular weight is 359 g/mol. The molecule has 2 aromatic heterocycles. The second-order valence-electron chi connectivity index (χ2n) is 6.72. The molecule has 1 atom stereocenters. The number of hydrogen-bond acceptors (Lipinski definition) is 5. The minimum Gasteiger partial charge on any atom is -0.329 e. The smallest absolute Gasteiger partial charge is 0.257 e. The molecule has 0 spiro atoms. The molecule has 0 saturated carbocycles. The first kappa shape index (κ1) is 17.3. The molecule has 1 aliphatic heterocycles. The number of piperazine rings is 1. The minimum absolute atomic E-state index is 0.0236. The maximum atomic E-state index is 13.2. The summed E-state index contributed by atoms with van der Waals surface area (Å²) < 4.78 is 0. The van der Waals surface area contributed by atoms with Crippen LogP contribution in [-0.4, -0.2) is 57.3 Å². The number of rotatable bonds is 3. The van der Waals surface area contributed by atoms with E-state index in [1.54, 1.807) is 24.8 Å². The largest absolute Gasteiger partial charge is 0.329 e. The van der Waals surface area contributed by atoms with Crippen LogP contribution in [0.3, 0.4) is 0 Å². The van der Waals surface area contributed by atoms with E-state index in [2.05, 4.69) is 39.0 Å². The van der Waals surface area contributed by atoms with Crippen molar-refractivity contribution in [3.8, 4) is 11.4 Å². The summed E-state index contributed by atoms with van der Waals surface area (Å²) in [6.07, 6.45) is 6.64. The van der Waals surface area contributed by atoms with Gasteiger partial charge in [-0.1, -0.05) is 30.3 Å². The van der Waals surface area contributed by atoms with E-state index in [4.69, 9.17) is 0 Å². The third kappa shape index (κ3) is 3.71. The van der Waals surface area contributed by atoms with Crippen molar-refractivity contribution in [3.05, 3.63) is 78.4 Å². The van der Waals surface area contributed by atoms with Crippen LogP contribution in [0.2, 0.25) is 0 Å². The van der Waals surface area contributed by atoms with Crippen LogP contribution in [0.4, 0.5) is 0 Å². The molecule has 3 heterocycles. The van der Waals surface area contributed by atoms with Crippen molar-refractivity contribution < 1.29 is 4.79 Å². The van der Waals surface area contributed by atoms with E-state index in [1.807, 2.05) is 35.2 Å². The summed E-state index contributed by atoms with van der Waals surface area (Å²) in [5.74, 6) is 0.535. The standard InChI is InChI=1S/C21H21N5O/c1-25-10-11-26(19(15-25)16-6-3-2-4-7-16)21(27)18-13-23-20(24-14-18)17-8-5-9-22-12-17/h2-9,12-14,19H,10-11,15H2,1H3/t19-/m0/s1. The summed E-state index contributed by atoms with van der Waals surface area (Å²) in [5.41, 5.74) is 2.48. The van der Waals surface area contributed by atoms with Gasteiger partial charge in [0.15, 0.2) is 5.82 Å². The first-order chi connectivity index (χ1) is 13.2. The number of nitrogens with zero attached hydrogens (tertiary/aromatic N) is 5. The van der Waals surface area contributed by atoms with E-state index < -0.39 is 0 Å². The first-order valence-electron chi connectivity index (χ1n) is 8.99. The van der Waals surface area contributed by atoms with Crippen LogP contribution in [-0.2, 0) is 0 Å². The Morgan fingerprint density at radius 3 is 2.48 bits per heavy atom. The molecule has 6 heteroatoms. The Morgan fingerprint density at radius 2 is 1.78 bits per heavy atom. The lowest BCUT2D eigenvalue weighted by Gasteiger charge is -2.40. The van der Waals surface area contributed by atoms with E-state index in [0.29, 0.717) is 17.9 Å². The van der Waals surface area contributed by atoms with Gasteiger partial charge in [-0.15, -0.1) is 0 Å². The molecule has 136 valence electrons. The van der Waals surface area contributed by atoms with Gasteiger partial charge < -0.3 is 9.80 Å². The third-order valence-electron chi connectivity index (χ3n) is 4.85. The fourth-order valence-corrected chi connectivity index (χ4v) is 3.37. The quantitative estimate of drug-likeness (QED) is 0.719. The zero-order valence-electron chi connectivity index (χ0n) is 15.2. The van der Waals surface area contributed by atoms with Crippen LogP contribution in [0, 0.1) is 0 Å². The number of amides is 1. The highest BCUT2D eigenvalue weighted by atomic mass is 16.2. The van der Waals surface area contributed by atoms with Crippen LogP contribution >= 0.6 is 0 Å². The molecule has 1 aromatic carbocycles. The zero-order valence-corrected chi connectivity index (χ0v) is 15.2. The van der Waals surface area contributed by atoms with Gasteiger partial charge in [-0.2, -0.15) is 0 Å². The van der Waals surface area contributed by atoms with Gasteiger partial charge in [0.1, 0.15) is 0 Å². The van der Waals surface area contributed by atoms with E-state index in [1.165, 1.54) is 0 Å². The normalized spacial score (nSPS) is 17.7. The summed E-state index contributed by atoms with van der Waals surface area (Å²) >= 11 is 0. The van der Waals surface area contributed by atoms with Gasteiger partial charge in [-0.05, 0) is 24.7 Å². The second-order valence-corrected chi connectivity index (χ2v) is 6.72. The molecule has 1 aliphatic rings. The van der Waals surface area contributed by atoms with Crippen LogP contribution in [0.5, 0.6) is 0 Å². The molecular formula is C21H21N5O. The van der Waals surface area contributed by atoms with E-state index in [-0.39, 0.29) is 11.9 Å². The molecule has 27 heavy (non-hydrogen) atoms. The highest BCUT2D eigenvalue weighted by Crippen LogP contribution is 2.26. The predicted octanol–water partition coefficient (Wildman–Crippen LogP) is 2.67. The van der Waals surface area contributed by atoms with Gasteiger partial charge >= 0.3 is 0 Å². The average Bonchev–Trinajstić information content (AvgIpc) is 2.74. The highest BCUT2D eigenvalue weighted by molar-refractivity contribution is 5.94. The van der Waals surface area contributed by atoms with Gasteiger partial charge in [0, 0.05) is 50.0 Å². The van der Waals surface area contributed by atoms with Crippen LogP contribution < -0.4 is 0 Å². The van der Waals surface area contributed by atoms with E-state index >= 15 is 0 Å². The van der Waals surface area contributed by atoms with Crippen LogP contribution in [0.1, 0.15) is 22.0 Å². The van der Waals surface area contributed by atoms with Crippen LogP contribution in [0.25, 0.3) is 11.4 Å². The number of carbonyl (C=O) groups is 1. The number of carbonyl (C=O) groups excluding carboxylic acids is 1. The van der Waals surface area contributed by atoms with Crippen molar-refractivity contribution in [2.45, 2.75) is 6.04 Å². The van der Waals surface area contributed by atoms with Crippen molar-refractivity contribution in [2.24, 2.45) is 0 Å². The van der Waals surface area contributed by atoms with Crippen molar-refractivity contribution in [2.75, 3.05) is 26.7 Å². The molecule has 6 nitrogen and oxygen atoms in total. The Balaban J connectivity index is 1.59. The summed E-state index contributed by atoms with van der Waals surface area (Å²) in [6, 6.07) is 13.9. The van der Waals surface area contributed by atoms with E-state index in [9.17, 15) is 4.79 Å². The maximum absolute atomic E-state index is 13.2. The van der Waals surface area contributed by atoms with Crippen molar-refractivity contribution in [3.63, 3.8) is 0 Å². The molecule has 0 aliphatic carbocycles. The Labute approximate surface area is 158 Å². The van der Waals surface area contributed by atoms with Crippen LogP contribution in [0.15, 0.2) is 67.3 Å². The fourth-order valence-electron chi connectivity index (χ4n) is 3.37. The lowest BCUT2D eigenvalue weighted by molar-refractivity contribution is 0.0497. The molecule has 0 unspecified atom stereocenters. The van der Waals surface area contributed by atoms with Gasteiger partial charge in [-0.25, -0.2) is 9.97 Å². The van der Waals surface area contributed by atoms with Gasteiger partial charge in [0.2, 0.25) is 0 Å². The van der Waals surface area contributed by atoms with Gasteiger partial charge in [0.05, 0.1) is 11.6 Å². The summed E-state index contributed by atoms with van der Waals surface area (Å²) in [5, 5.41) is 0. The molecule has 3 aromatic rings. The van der Waals surface area contributed by atoms with Gasteiger partial charge in [-0.3, -0.25) is 9.78 Å². The monoisotopic (exact) mass is 359 g/mol. The van der Waals surface area contributed by atoms with Crippen molar-refractivity contribution >= 4 is 5.91 Å². The van der Waals surface area contributed by atoms with Gasteiger partial charge in [0.25, 0.3) is 5.91 Å². The number of likely N-dealkylation sites (N-methyl/N-ethyl adjacent to an activating group) is 1. The van der Waals surface area contributed by atoms with Crippen molar-refractivity contribution in [1.82, 2.24) is 24.8 Å². The molecule has 0 N–H and O–H groups in total. The number of aromatic nitrogens is 3.